The molecule has 4 rings (SSSR count). The number of nitrogens with two attached hydrogens (primary N) is 2. The molecule has 4 aromatic rings. The lowest BCUT2D eigenvalue weighted by atomic mass is 10.0. The van der Waals surface area contributed by atoms with Gasteiger partial charge in [0.2, 0.25) is 0 Å². The third-order valence-corrected chi connectivity index (χ3v) is 4.42. The number of amidine groups is 1. The van der Waals surface area contributed by atoms with Crippen LogP contribution in [0.4, 0.5) is 0 Å². The van der Waals surface area contributed by atoms with E-state index in [-0.39, 0.29) is 0 Å². The van der Waals surface area contributed by atoms with Crippen LogP contribution < -0.4 is 17.1 Å². The lowest BCUT2D eigenvalue weighted by Crippen LogP contribution is -2.31. The Labute approximate surface area is 162 Å². The predicted octanol–water partition coefficient (Wildman–Crippen LogP) is 2.89. The van der Waals surface area contributed by atoms with Gasteiger partial charge in [0, 0.05) is 34.6 Å². The van der Waals surface area contributed by atoms with E-state index in [0.717, 1.165) is 39.5 Å². The van der Waals surface area contributed by atoms with Crippen molar-refractivity contribution in [3.05, 3.63) is 84.7 Å². The van der Waals surface area contributed by atoms with E-state index in [0.29, 0.717) is 5.84 Å². The molecule has 138 valence electrons. The van der Waals surface area contributed by atoms with Crippen molar-refractivity contribution in [2.75, 3.05) is 0 Å². The second kappa shape index (κ2) is 7.73. The second-order valence-electron chi connectivity index (χ2n) is 6.11. The van der Waals surface area contributed by atoms with Crippen LogP contribution in [-0.4, -0.2) is 20.8 Å². The second-order valence-corrected chi connectivity index (χ2v) is 6.11. The maximum Gasteiger partial charge on any atom is 0.166 e. The van der Waals surface area contributed by atoms with Gasteiger partial charge in [-0.25, -0.2) is 10.8 Å². The standard InChI is InChI=1S/C21H19N7/c22-27-21(28-23)17-8-6-14(7-9-17)18-19(15-10-12-24-13-11-15)26-20(25-18)16-4-2-1-3-5-16/h1-13H,22-23H2,(H,25,26)(H,27,28). The molecular formula is C21H19N7. The van der Waals surface area contributed by atoms with Crippen LogP contribution >= 0.6 is 0 Å². The average Bonchev–Trinajstić information content (AvgIpc) is 3.22. The molecule has 0 amide bonds. The number of benzene rings is 2. The highest BCUT2D eigenvalue weighted by atomic mass is 15.3. The molecule has 0 saturated heterocycles. The van der Waals surface area contributed by atoms with Crippen molar-refractivity contribution in [3.63, 3.8) is 0 Å². The van der Waals surface area contributed by atoms with E-state index in [1.807, 2.05) is 66.7 Å². The van der Waals surface area contributed by atoms with Crippen molar-refractivity contribution in [1.82, 2.24) is 20.4 Å². The lowest BCUT2D eigenvalue weighted by Gasteiger charge is -2.06. The van der Waals surface area contributed by atoms with Gasteiger partial charge in [-0.15, -0.1) is 0 Å². The van der Waals surface area contributed by atoms with E-state index in [2.05, 4.69) is 20.5 Å². The van der Waals surface area contributed by atoms with Gasteiger partial charge in [-0.3, -0.25) is 4.98 Å². The Morgan fingerprint density at radius 1 is 0.857 bits per heavy atom. The van der Waals surface area contributed by atoms with Crippen molar-refractivity contribution >= 4 is 5.84 Å². The molecule has 0 aliphatic heterocycles. The molecule has 7 heteroatoms. The minimum Gasteiger partial charge on any atom is -0.337 e. The third-order valence-electron chi connectivity index (χ3n) is 4.42. The summed E-state index contributed by atoms with van der Waals surface area (Å²) < 4.78 is 0. The first-order valence-electron chi connectivity index (χ1n) is 8.71. The molecule has 0 atom stereocenters. The Hall–Kier alpha value is -3.97. The van der Waals surface area contributed by atoms with Crippen molar-refractivity contribution < 1.29 is 0 Å². The minimum atomic E-state index is 0.410. The van der Waals surface area contributed by atoms with Crippen molar-refractivity contribution in [1.29, 1.82) is 0 Å². The summed E-state index contributed by atoms with van der Waals surface area (Å²) in [5.74, 6) is 12.0. The Bertz CT molecular complexity index is 1080. The molecule has 0 saturated carbocycles. The molecule has 0 unspecified atom stereocenters. The number of pyridine rings is 1. The van der Waals surface area contributed by atoms with Gasteiger partial charge in [-0.05, 0) is 12.1 Å². The first-order chi connectivity index (χ1) is 13.8. The lowest BCUT2D eigenvalue weighted by molar-refractivity contribution is 1.00. The van der Waals surface area contributed by atoms with Gasteiger partial charge in [0.25, 0.3) is 0 Å². The van der Waals surface area contributed by atoms with Crippen molar-refractivity contribution in [2.45, 2.75) is 0 Å². The Balaban J connectivity index is 1.82. The fraction of sp³-hybridized carbons (Fsp3) is 0. The van der Waals surface area contributed by atoms with Gasteiger partial charge in [-0.2, -0.15) is 5.10 Å². The number of imidazole rings is 1. The van der Waals surface area contributed by atoms with E-state index in [1.165, 1.54) is 0 Å². The summed E-state index contributed by atoms with van der Waals surface area (Å²) in [6.07, 6.45) is 3.53. The zero-order valence-corrected chi connectivity index (χ0v) is 15.0. The van der Waals surface area contributed by atoms with E-state index < -0.39 is 0 Å². The normalized spacial score (nSPS) is 11.4. The quantitative estimate of drug-likeness (QED) is 0.191. The van der Waals surface area contributed by atoms with E-state index in [4.69, 9.17) is 16.7 Å². The number of nitrogens with zero attached hydrogens (tertiary/aromatic N) is 3. The maximum absolute atomic E-state index is 5.45. The molecular weight excluding hydrogens is 350 g/mol. The predicted molar refractivity (Wildman–Crippen MR) is 111 cm³/mol. The largest absolute Gasteiger partial charge is 0.337 e. The molecule has 0 aliphatic rings. The van der Waals surface area contributed by atoms with Crippen LogP contribution in [0.25, 0.3) is 33.9 Å². The summed E-state index contributed by atoms with van der Waals surface area (Å²) in [4.78, 5) is 12.4. The van der Waals surface area contributed by atoms with Crippen LogP contribution in [0.1, 0.15) is 5.56 Å². The van der Waals surface area contributed by atoms with Gasteiger partial charge in [-0.1, -0.05) is 54.6 Å². The summed E-state index contributed by atoms with van der Waals surface area (Å²) in [7, 11) is 0. The van der Waals surface area contributed by atoms with Crippen molar-refractivity contribution in [3.8, 4) is 33.9 Å². The van der Waals surface area contributed by atoms with Crippen LogP contribution in [0.3, 0.4) is 0 Å². The number of hydrazine groups is 1. The zero-order valence-electron chi connectivity index (χ0n) is 15.0. The smallest absolute Gasteiger partial charge is 0.166 e. The van der Waals surface area contributed by atoms with Gasteiger partial charge in [0.15, 0.2) is 5.84 Å². The third kappa shape index (κ3) is 3.34. The molecule has 28 heavy (non-hydrogen) atoms. The molecule has 0 bridgehead atoms. The monoisotopic (exact) mass is 369 g/mol. The number of hydrogen-bond donors (Lipinski definition) is 4. The number of H-pyrrole nitrogens is 1. The molecule has 2 aromatic heterocycles. The fourth-order valence-corrected chi connectivity index (χ4v) is 3.02. The SMILES string of the molecule is N/N=C(\NN)c1ccc(-c2nc(-c3ccccc3)[nH]c2-c2ccncc2)cc1. The number of nitrogens with one attached hydrogen (secondary N) is 2. The summed E-state index contributed by atoms with van der Waals surface area (Å²) in [6, 6.07) is 21.7. The molecule has 0 aliphatic carbocycles. The zero-order chi connectivity index (χ0) is 19.3. The molecule has 6 N–H and O–H groups in total. The van der Waals surface area contributed by atoms with Gasteiger partial charge >= 0.3 is 0 Å². The summed E-state index contributed by atoms with van der Waals surface area (Å²) >= 11 is 0. The van der Waals surface area contributed by atoms with Crippen LogP contribution in [-0.2, 0) is 0 Å². The molecule has 0 spiro atoms. The molecule has 0 fully saturated rings. The number of rotatable bonds is 4. The molecule has 7 nitrogen and oxygen atoms in total. The topological polar surface area (TPSA) is 118 Å². The van der Waals surface area contributed by atoms with E-state index in [9.17, 15) is 0 Å². The van der Waals surface area contributed by atoms with Crippen LogP contribution in [0, 0.1) is 0 Å². The molecule has 0 radical (unpaired) electrons. The summed E-state index contributed by atoms with van der Waals surface area (Å²) in [6.45, 7) is 0. The molecule has 2 heterocycles. The summed E-state index contributed by atoms with van der Waals surface area (Å²) in [5.41, 5.74) is 8.05. The molecule has 2 aromatic carbocycles. The Kier molecular flexibility index (Phi) is 4.81. The highest BCUT2D eigenvalue weighted by Gasteiger charge is 2.15. The average molecular weight is 369 g/mol. The van der Waals surface area contributed by atoms with Crippen molar-refractivity contribution in [2.24, 2.45) is 16.8 Å². The number of aromatic nitrogens is 3. The number of aromatic amines is 1. The Morgan fingerprint density at radius 3 is 2.21 bits per heavy atom. The number of hydrogen-bond acceptors (Lipinski definition) is 5. The fourth-order valence-electron chi connectivity index (χ4n) is 3.02. The van der Waals surface area contributed by atoms with Crippen LogP contribution in [0.2, 0.25) is 0 Å². The minimum absolute atomic E-state index is 0.410. The van der Waals surface area contributed by atoms with Gasteiger partial charge in [0.1, 0.15) is 5.82 Å². The first kappa shape index (κ1) is 17.4. The first-order valence-corrected chi connectivity index (χ1v) is 8.71. The highest BCUT2D eigenvalue weighted by molar-refractivity contribution is 5.98. The van der Waals surface area contributed by atoms with Crippen LogP contribution in [0.15, 0.2) is 84.2 Å². The maximum atomic E-state index is 5.45. The number of hydrazone groups is 1. The summed E-state index contributed by atoms with van der Waals surface area (Å²) in [5, 5.41) is 3.64. The highest BCUT2D eigenvalue weighted by Crippen LogP contribution is 2.32. The Morgan fingerprint density at radius 2 is 1.57 bits per heavy atom. The van der Waals surface area contributed by atoms with E-state index in [1.54, 1.807) is 12.4 Å². The van der Waals surface area contributed by atoms with Crippen LogP contribution in [0.5, 0.6) is 0 Å². The van der Waals surface area contributed by atoms with E-state index >= 15 is 0 Å². The van der Waals surface area contributed by atoms with Gasteiger partial charge < -0.3 is 16.3 Å². The van der Waals surface area contributed by atoms with Gasteiger partial charge in [0.05, 0.1) is 11.4 Å².